The van der Waals surface area contributed by atoms with Crippen LogP contribution in [0.4, 0.5) is 5.13 Å². The third-order valence-corrected chi connectivity index (χ3v) is 7.08. The van der Waals surface area contributed by atoms with Gasteiger partial charge in [-0.1, -0.05) is 35.4 Å². The van der Waals surface area contributed by atoms with Crippen LogP contribution in [-0.2, 0) is 6.42 Å². The topological polar surface area (TPSA) is 91.9 Å². The predicted molar refractivity (Wildman–Crippen MR) is 124 cm³/mol. The molecule has 1 aromatic carbocycles. The van der Waals surface area contributed by atoms with Gasteiger partial charge in [-0.05, 0) is 55.2 Å². The highest BCUT2D eigenvalue weighted by atomic mass is 32.1. The number of anilines is 1. The van der Waals surface area contributed by atoms with E-state index in [9.17, 15) is 10.0 Å². The molecule has 0 aliphatic heterocycles. The molecule has 1 fully saturated rings. The molecule has 1 aliphatic carbocycles. The van der Waals surface area contributed by atoms with Gasteiger partial charge in [-0.2, -0.15) is 4.91 Å². The average Bonchev–Trinajstić information content (AvgIpc) is 3.37. The molecule has 3 atom stereocenters. The van der Waals surface area contributed by atoms with Crippen LogP contribution in [0.3, 0.4) is 0 Å². The Kier molecular flexibility index (Phi) is 5.41. The third-order valence-electron chi connectivity index (χ3n) is 6.13. The summed E-state index contributed by atoms with van der Waals surface area (Å²) in [5.41, 5.74) is 4.93. The average molecular weight is 436 g/mol. The minimum atomic E-state index is -0.378. The quantitative estimate of drug-likeness (QED) is 0.412. The van der Waals surface area contributed by atoms with Crippen molar-refractivity contribution in [2.45, 2.75) is 57.2 Å². The summed E-state index contributed by atoms with van der Waals surface area (Å²) < 4.78 is 3.18. The molecule has 1 unspecified atom stereocenters. The first-order valence-electron chi connectivity index (χ1n) is 10.7. The van der Waals surface area contributed by atoms with Gasteiger partial charge in [0.1, 0.15) is 11.7 Å². The van der Waals surface area contributed by atoms with E-state index >= 15 is 0 Å². The van der Waals surface area contributed by atoms with Crippen molar-refractivity contribution in [3.63, 3.8) is 0 Å². The molecule has 0 bridgehead atoms. The first-order chi connectivity index (χ1) is 15.1. The van der Waals surface area contributed by atoms with Crippen molar-refractivity contribution in [1.29, 1.82) is 0 Å². The number of nitroso groups, excluding NO2 is 1. The smallest absolute Gasteiger partial charge is 0.184 e. The van der Waals surface area contributed by atoms with Gasteiger partial charge in [-0.3, -0.25) is 0 Å². The molecule has 3 aromatic heterocycles. The van der Waals surface area contributed by atoms with E-state index in [1.807, 2.05) is 24.5 Å². The number of benzene rings is 1. The third kappa shape index (κ3) is 4.05. The second-order valence-electron chi connectivity index (χ2n) is 8.32. The number of aliphatic hydroxyl groups is 1. The van der Waals surface area contributed by atoms with Crippen molar-refractivity contribution in [3.05, 3.63) is 64.5 Å². The first kappa shape index (κ1) is 20.1. The van der Waals surface area contributed by atoms with Gasteiger partial charge >= 0.3 is 0 Å². The fourth-order valence-corrected chi connectivity index (χ4v) is 5.28. The van der Waals surface area contributed by atoms with Crippen LogP contribution in [0.25, 0.3) is 15.9 Å². The van der Waals surface area contributed by atoms with Crippen LogP contribution >= 0.6 is 11.3 Å². The zero-order valence-electron chi connectivity index (χ0n) is 17.4. The Morgan fingerprint density at radius 3 is 3.00 bits per heavy atom. The fourth-order valence-electron chi connectivity index (χ4n) is 4.29. The van der Waals surface area contributed by atoms with Crippen LogP contribution < -0.4 is 5.32 Å². The summed E-state index contributed by atoms with van der Waals surface area (Å²) >= 11 is 1.64. The van der Waals surface area contributed by atoms with Gasteiger partial charge in [0.15, 0.2) is 5.13 Å². The van der Waals surface area contributed by atoms with Crippen molar-refractivity contribution >= 4 is 32.3 Å². The van der Waals surface area contributed by atoms with Gasteiger partial charge in [0.25, 0.3) is 0 Å². The number of hydrogen-bond acceptors (Lipinski definition) is 7. The number of pyridine rings is 1. The Labute approximate surface area is 184 Å². The zero-order chi connectivity index (χ0) is 21.4. The maximum absolute atomic E-state index is 10.8. The van der Waals surface area contributed by atoms with Crippen molar-refractivity contribution < 1.29 is 5.11 Å². The van der Waals surface area contributed by atoms with Crippen LogP contribution in [0.15, 0.2) is 47.9 Å². The summed E-state index contributed by atoms with van der Waals surface area (Å²) in [5.74, 6) is 0. The van der Waals surface area contributed by atoms with Crippen LogP contribution in [0, 0.1) is 4.91 Å². The maximum atomic E-state index is 10.8. The Hall–Kier alpha value is -2.84. The number of fused-ring (bicyclic) bond motifs is 2. The molecule has 1 saturated carbocycles. The molecule has 1 aliphatic rings. The van der Waals surface area contributed by atoms with Gasteiger partial charge in [0.2, 0.25) is 0 Å². The van der Waals surface area contributed by atoms with E-state index in [-0.39, 0.29) is 18.2 Å². The molecule has 5 rings (SSSR count). The molecular weight excluding hydrogens is 410 g/mol. The summed E-state index contributed by atoms with van der Waals surface area (Å²) in [6, 6.07) is 9.90. The molecule has 7 nitrogen and oxygen atoms in total. The highest BCUT2D eigenvalue weighted by Gasteiger charge is 2.23. The number of nitrogens with one attached hydrogen (secondary N) is 1. The highest BCUT2D eigenvalue weighted by molar-refractivity contribution is 7.22. The van der Waals surface area contributed by atoms with Crippen LogP contribution in [0.5, 0.6) is 0 Å². The highest BCUT2D eigenvalue weighted by Crippen LogP contribution is 2.30. The molecule has 4 aromatic rings. The van der Waals surface area contributed by atoms with Gasteiger partial charge in [0, 0.05) is 24.5 Å². The van der Waals surface area contributed by atoms with Crippen LogP contribution in [-0.4, -0.2) is 31.6 Å². The van der Waals surface area contributed by atoms with E-state index in [0.29, 0.717) is 0 Å². The summed E-state index contributed by atoms with van der Waals surface area (Å²) in [6.07, 6.45) is 8.38. The summed E-state index contributed by atoms with van der Waals surface area (Å²) in [5, 5.41) is 17.6. The second kappa shape index (κ2) is 8.36. The molecule has 2 N–H and O–H groups in total. The number of aliphatic hydroxyl groups excluding tert-OH is 1. The molecule has 0 saturated heterocycles. The maximum Gasteiger partial charge on any atom is 0.184 e. The Balaban J connectivity index is 1.36. The van der Waals surface area contributed by atoms with Crippen molar-refractivity contribution in [3.8, 4) is 0 Å². The zero-order valence-corrected chi connectivity index (χ0v) is 18.2. The van der Waals surface area contributed by atoms with Crippen molar-refractivity contribution in [2.24, 2.45) is 5.18 Å². The van der Waals surface area contributed by atoms with E-state index < -0.39 is 0 Å². The normalized spacial score (nSPS) is 20.2. The largest absolute Gasteiger partial charge is 0.391 e. The molecule has 3 heterocycles. The molecule has 31 heavy (non-hydrogen) atoms. The van der Waals surface area contributed by atoms with E-state index in [1.165, 1.54) is 5.56 Å². The van der Waals surface area contributed by atoms with E-state index in [1.54, 1.807) is 18.3 Å². The van der Waals surface area contributed by atoms with Gasteiger partial charge in [-0.25, -0.2) is 9.97 Å². The summed E-state index contributed by atoms with van der Waals surface area (Å²) in [6.45, 7) is 1.78. The fraction of sp³-hybridized carbons (Fsp3) is 0.391. The molecule has 160 valence electrons. The molecule has 0 amide bonds. The lowest BCUT2D eigenvalue weighted by Gasteiger charge is -2.27. The minimum Gasteiger partial charge on any atom is -0.391 e. The lowest BCUT2D eigenvalue weighted by atomic mass is 9.93. The Morgan fingerprint density at radius 2 is 2.16 bits per heavy atom. The number of thiazole rings is 1. The molecule has 8 heteroatoms. The Bertz CT molecular complexity index is 1230. The van der Waals surface area contributed by atoms with Gasteiger partial charge < -0.3 is 14.8 Å². The van der Waals surface area contributed by atoms with Crippen LogP contribution in [0.2, 0.25) is 0 Å². The minimum absolute atomic E-state index is 0.0916. The first-order valence-corrected chi connectivity index (χ1v) is 11.5. The molecule has 0 radical (unpaired) electrons. The van der Waals surface area contributed by atoms with Crippen LogP contribution in [0.1, 0.15) is 55.5 Å². The second-order valence-corrected chi connectivity index (χ2v) is 9.35. The lowest BCUT2D eigenvalue weighted by Crippen LogP contribution is -2.36. The summed E-state index contributed by atoms with van der Waals surface area (Å²) in [4.78, 5) is 20.0. The predicted octanol–water partition coefficient (Wildman–Crippen LogP) is 5.08. The van der Waals surface area contributed by atoms with Gasteiger partial charge in [-0.15, -0.1) is 0 Å². The SMILES string of the molecule is CC(N=O)c1ccn2c(Cc3ccc4nc(N[C@@H]5CCCC[C@H]5O)sc4c3)cnc2c1. The Morgan fingerprint density at radius 1 is 1.29 bits per heavy atom. The van der Waals surface area contributed by atoms with Crippen molar-refractivity contribution in [2.75, 3.05) is 5.32 Å². The van der Waals surface area contributed by atoms with Crippen molar-refractivity contribution in [1.82, 2.24) is 14.4 Å². The van der Waals surface area contributed by atoms with E-state index in [0.717, 1.165) is 64.4 Å². The number of nitrogens with zero attached hydrogens (tertiary/aromatic N) is 4. The standard InChI is InChI=1S/C23H25N5O2S/c1-14(27-30)16-8-9-28-17(13-24-22(28)12-16)10-15-6-7-19-21(11-15)31-23(26-19)25-18-4-2-3-5-20(18)29/h6-9,11-14,18,20,29H,2-5,10H2,1H3,(H,25,26)/t14?,18-,20-/m1/s1. The lowest BCUT2D eigenvalue weighted by molar-refractivity contribution is 0.116. The molecular formula is C23H25N5O2S. The van der Waals surface area contributed by atoms with E-state index in [2.05, 4.69) is 38.1 Å². The number of imidazole rings is 1. The summed E-state index contributed by atoms with van der Waals surface area (Å²) in [7, 11) is 0. The van der Waals surface area contributed by atoms with Gasteiger partial charge in [0.05, 0.1) is 22.4 Å². The number of aromatic nitrogens is 3. The van der Waals surface area contributed by atoms with E-state index in [4.69, 9.17) is 4.98 Å². The monoisotopic (exact) mass is 435 g/mol. The number of hydrogen-bond donors (Lipinski definition) is 2. The molecule has 0 spiro atoms. The number of rotatable bonds is 6.